The van der Waals surface area contributed by atoms with Gasteiger partial charge in [-0.3, -0.25) is 10.1 Å². The van der Waals surface area contributed by atoms with E-state index in [-0.39, 0.29) is 34.5 Å². The lowest BCUT2D eigenvalue weighted by Gasteiger charge is -2.27. The maximum Gasteiger partial charge on any atom is 0.338 e. The van der Waals surface area contributed by atoms with Crippen LogP contribution in [0, 0.1) is 5.82 Å². The molecule has 0 bridgehead atoms. The first-order valence-electron chi connectivity index (χ1n) is 13.6. The first-order valence-corrected chi connectivity index (χ1v) is 14.0. The molecular formula is C30H27ClFN7O4. The van der Waals surface area contributed by atoms with Crippen LogP contribution >= 0.6 is 11.6 Å². The van der Waals surface area contributed by atoms with Crippen molar-refractivity contribution < 1.29 is 23.1 Å². The number of pyridine rings is 1. The minimum absolute atomic E-state index is 0.0885. The summed E-state index contributed by atoms with van der Waals surface area (Å²) in [6.45, 7) is 3.63. The van der Waals surface area contributed by atoms with Crippen molar-refractivity contribution in [3.8, 4) is 0 Å². The molecule has 1 amide bonds. The van der Waals surface area contributed by atoms with Crippen molar-refractivity contribution >= 4 is 58.1 Å². The summed E-state index contributed by atoms with van der Waals surface area (Å²) in [5.74, 6) is -1.09. The lowest BCUT2D eigenvalue weighted by molar-refractivity contribution is -0.113. The summed E-state index contributed by atoms with van der Waals surface area (Å²) in [5.41, 5.74) is 3.33. The van der Waals surface area contributed by atoms with Crippen molar-refractivity contribution in [2.75, 3.05) is 35.7 Å². The van der Waals surface area contributed by atoms with E-state index in [1.165, 1.54) is 43.6 Å². The number of benzene rings is 2. The van der Waals surface area contributed by atoms with Gasteiger partial charge in [-0.05, 0) is 56.2 Å². The Kier molecular flexibility index (Phi) is 7.68. The third kappa shape index (κ3) is 5.86. The number of rotatable bonds is 6. The molecule has 2 aliphatic heterocycles. The molecule has 4 heterocycles. The highest BCUT2D eigenvalue weighted by atomic mass is 35.5. The molecule has 1 saturated heterocycles. The Bertz CT molecular complexity index is 1800. The number of guanidine groups is 1. The van der Waals surface area contributed by atoms with Crippen molar-refractivity contribution in [1.82, 2.24) is 15.3 Å². The van der Waals surface area contributed by atoms with Gasteiger partial charge in [-0.2, -0.15) is 4.98 Å². The number of allylic oxidation sites excluding steroid dienone is 1. The summed E-state index contributed by atoms with van der Waals surface area (Å²) in [6, 6.07) is 11.9. The standard InChI is InChI=1S/C30H27ClFN7O4/c1-16-25(27(40)36-24-13-17(9-10-33-24)28(41)42-2)26(20-7-6-19(15-21(20)31)39-11-3-4-12-39)37-29(34-16)38-30-35-22-8-5-18(32)14-23(22)43-30/h5-10,13-15,26H,3-4,11-12H2,1-2H3,(H,33,36,40)(H2,34,35,37,38). The second kappa shape index (κ2) is 11.7. The van der Waals surface area contributed by atoms with Crippen LogP contribution in [0.5, 0.6) is 0 Å². The fourth-order valence-corrected chi connectivity index (χ4v) is 5.43. The Morgan fingerprint density at radius 3 is 2.72 bits per heavy atom. The number of methoxy groups -OCH3 is 1. The molecule has 2 aliphatic rings. The first kappa shape index (κ1) is 28.2. The fourth-order valence-electron chi connectivity index (χ4n) is 5.15. The van der Waals surface area contributed by atoms with Crippen LogP contribution in [-0.2, 0) is 9.53 Å². The average molecular weight is 604 g/mol. The molecule has 43 heavy (non-hydrogen) atoms. The predicted octanol–water partition coefficient (Wildman–Crippen LogP) is 5.43. The van der Waals surface area contributed by atoms with Crippen molar-refractivity contribution in [3.63, 3.8) is 0 Å². The van der Waals surface area contributed by atoms with Gasteiger partial charge in [0.05, 0.1) is 18.2 Å². The molecule has 6 rings (SSSR count). The van der Waals surface area contributed by atoms with E-state index in [1.807, 2.05) is 18.2 Å². The summed E-state index contributed by atoms with van der Waals surface area (Å²) in [7, 11) is 1.27. The number of halogens is 2. The van der Waals surface area contributed by atoms with E-state index in [9.17, 15) is 14.0 Å². The largest absolute Gasteiger partial charge is 0.465 e. The summed E-state index contributed by atoms with van der Waals surface area (Å²) in [6.07, 6.45) is 3.64. The van der Waals surface area contributed by atoms with Crippen LogP contribution in [0.25, 0.3) is 11.1 Å². The Balaban J connectivity index is 1.34. The number of ether oxygens (including phenoxy) is 1. The van der Waals surface area contributed by atoms with Crippen LogP contribution in [0.2, 0.25) is 5.02 Å². The van der Waals surface area contributed by atoms with Gasteiger partial charge in [-0.25, -0.2) is 19.2 Å². The van der Waals surface area contributed by atoms with Crippen LogP contribution in [0.15, 0.2) is 75.4 Å². The molecule has 2 aromatic heterocycles. The number of nitrogens with zero attached hydrogens (tertiary/aromatic N) is 4. The number of carbonyl (C=O) groups is 2. The summed E-state index contributed by atoms with van der Waals surface area (Å²) >= 11 is 6.85. The maximum absolute atomic E-state index is 13.7. The molecule has 4 aromatic rings. The highest BCUT2D eigenvalue weighted by Crippen LogP contribution is 2.38. The molecule has 2 aromatic carbocycles. The molecule has 3 N–H and O–H groups in total. The van der Waals surface area contributed by atoms with Crippen LogP contribution in [0.4, 0.5) is 21.9 Å². The van der Waals surface area contributed by atoms with Crippen LogP contribution < -0.4 is 20.9 Å². The van der Waals surface area contributed by atoms with Gasteiger partial charge in [0.1, 0.15) is 23.2 Å². The molecule has 13 heteroatoms. The lowest BCUT2D eigenvalue weighted by atomic mass is 9.95. The van der Waals surface area contributed by atoms with Crippen molar-refractivity contribution in [1.29, 1.82) is 0 Å². The van der Waals surface area contributed by atoms with Crippen molar-refractivity contribution in [3.05, 3.63) is 88.0 Å². The third-order valence-electron chi connectivity index (χ3n) is 7.23. The van der Waals surface area contributed by atoms with Gasteiger partial charge in [0.2, 0.25) is 5.96 Å². The number of oxazole rings is 1. The minimum atomic E-state index is -0.838. The maximum atomic E-state index is 13.7. The Hall–Kier alpha value is -4.97. The molecular weight excluding hydrogens is 577 g/mol. The molecule has 11 nitrogen and oxygen atoms in total. The van der Waals surface area contributed by atoms with E-state index in [0.717, 1.165) is 31.6 Å². The Morgan fingerprint density at radius 1 is 1.14 bits per heavy atom. The van der Waals surface area contributed by atoms with Crippen LogP contribution in [-0.4, -0.2) is 48.0 Å². The van der Waals surface area contributed by atoms with Gasteiger partial charge in [0.25, 0.3) is 5.91 Å². The van der Waals surface area contributed by atoms with Gasteiger partial charge in [-0.1, -0.05) is 17.7 Å². The molecule has 0 saturated carbocycles. The van der Waals surface area contributed by atoms with Gasteiger partial charge >= 0.3 is 12.0 Å². The van der Waals surface area contributed by atoms with Gasteiger partial charge in [0.15, 0.2) is 5.58 Å². The Labute approximate surface area is 250 Å². The summed E-state index contributed by atoms with van der Waals surface area (Å²) in [5, 5.41) is 9.28. The van der Waals surface area contributed by atoms with E-state index in [1.54, 1.807) is 6.92 Å². The Morgan fingerprint density at radius 2 is 1.95 bits per heavy atom. The van der Waals surface area contributed by atoms with Gasteiger partial charge in [0, 0.05) is 47.3 Å². The first-order chi connectivity index (χ1) is 20.8. The van der Waals surface area contributed by atoms with E-state index in [4.69, 9.17) is 25.7 Å². The number of carbonyl (C=O) groups excluding carboxylic acids is 2. The second-order valence-corrected chi connectivity index (χ2v) is 10.5. The van der Waals surface area contributed by atoms with Crippen molar-refractivity contribution in [2.24, 2.45) is 4.99 Å². The molecule has 220 valence electrons. The van der Waals surface area contributed by atoms with E-state index in [0.29, 0.717) is 21.8 Å². The predicted molar refractivity (Wildman–Crippen MR) is 161 cm³/mol. The molecule has 1 fully saturated rings. The lowest BCUT2D eigenvalue weighted by Crippen LogP contribution is -2.37. The topological polar surface area (TPSA) is 134 Å². The SMILES string of the molecule is COC(=O)c1ccnc(NC(=O)C2=C(C)NC(Nc3nc4ccc(F)cc4o3)=NC2c2ccc(N3CCCC3)cc2Cl)c1. The summed E-state index contributed by atoms with van der Waals surface area (Å²) < 4.78 is 24.1. The summed E-state index contributed by atoms with van der Waals surface area (Å²) in [4.78, 5) is 41.3. The highest BCUT2D eigenvalue weighted by molar-refractivity contribution is 6.32. The second-order valence-electron chi connectivity index (χ2n) is 10.1. The highest BCUT2D eigenvalue weighted by Gasteiger charge is 2.32. The average Bonchev–Trinajstić information content (AvgIpc) is 3.66. The smallest absolute Gasteiger partial charge is 0.338 e. The minimum Gasteiger partial charge on any atom is -0.465 e. The van der Waals surface area contributed by atoms with Crippen LogP contribution in [0.3, 0.4) is 0 Å². The normalized spacial score (nSPS) is 16.6. The monoisotopic (exact) mass is 603 g/mol. The molecule has 1 atom stereocenters. The van der Waals surface area contributed by atoms with E-state index in [2.05, 4.69) is 30.8 Å². The third-order valence-corrected chi connectivity index (χ3v) is 7.56. The van der Waals surface area contributed by atoms with E-state index < -0.39 is 23.7 Å². The number of amides is 1. The number of aromatic nitrogens is 2. The number of fused-ring (bicyclic) bond motifs is 1. The molecule has 0 spiro atoms. The number of esters is 1. The fraction of sp³-hybridized carbons (Fsp3) is 0.233. The zero-order chi connectivity index (χ0) is 30.1. The molecule has 0 radical (unpaired) electrons. The quantitative estimate of drug-likeness (QED) is 0.247. The number of aliphatic imine (C=N–C) groups is 1. The zero-order valence-corrected chi connectivity index (χ0v) is 24.0. The number of anilines is 3. The van der Waals surface area contributed by atoms with E-state index >= 15 is 0 Å². The number of hydrogen-bond donors (Lipinski definition) is 3. The van der Waals surface area contributed by atoms with Gasteiger partial charge in [-0.15, -0.1) is 0 Å². The van der Waals surface area contributed by atoms with Crippen LogP contribution in [0.1, 0.15) is 41.7 Å². The van der Waals surface area contributed by atoms with Crippen molar-refractivity contribution in [2.45, 2.75) is 25.8 Å². The van der Waals surface area contributed by atoms with Gasteiger partial charge < -0.3 is 24.7 Å². The molecule has 0 aliphatic carbocycles. The number of hydrogen-bond acceptors (Lipinski definition) is 10. The number of nitrogens with one attached hydrogen (secondary N) is 3. The molecule has 1 unspecified atom stereocenters. The zero-order valence-electron chi connectivity index (χ0n) is 23.3.